The predicted molar refractivity (Wildman–Crippen MR) is 107 cm³/mol. The Morgan fingerprint density at radius 1 is 1.19 bits per heavy atom. The lowest BCUT2D eigenvalue weighted by Crippen LogP contribution is -2.44. The average molecular weight is 385 g/mol. The van der Waals surface area contributed by atoms with Crippen molar-refractivity contribution in [3.8, 4) is 0 Å². The Morgan fingerprint density at radius 3 is 2.59 bits per heavy atom. The number of carbonyl (C=O) groups excluding carboxylic acids is 2. The van der Waals surface area contributed by atoms with E-state index in [1.807, 2.05) is 50.2 Å². The number of anilines is 1. The summed E-state index contributed by atoms with van der Waals surface area (Å²) in [5.74, 6) is 0.116. The molecule has 0 aliphatic carbocycles. The van der Waals surface area contributed by atoms with E-state index in [2.05, 4.69) is 15.3 Å². The number of aryl methyl sites for hydroxylation is 2. The number of aromatic nitrogens is 2. The molecule has 7 heteroatoms. The number of carbonyl (C=O) groups is 2. The summed E-state index contributed by atoms with van der Waals surface area (Å²) in [6.07, 6.45) is 1.64. The predicted octanol–water partition coefficient (Wildman–Crippen LogP) is 3.06. The van der Waals surface area contributed by atoms with E-state index in [0.29, 0.717) is 18.2 Å². The van der Waals surface area contributed by atoms with Crippen LogP contribution in [0.1, 0.15) is 24.2 Å². The first-order valence-corrected chi connectivity index (χ1v) is 10.1. The van der Waals surface area contributed by atoms with Gasteiger partial charge in [-0.05, 0) is 44.9 Å². The van der Waals surface area contributed by atoms with Crippen molar-refractivity contribution in [1.82, 2.24) is 14.9 Å². The van der Waals surface area contributed by atoms with Gasteiger partial charge in [-0.1, -0.05) is 30.0 Å². The number of thioether (sulfide) groups is 1. The molecular formula is C20H24N4O2S. The van der Waals surface area contributed by atoms with Gasteiger partial charge in [0, 0.05) is 30.2 Å². The molecule has 1 aliphatic rings. The standard InChI is InChI=1S/C20H24N4O2S/c1-14-11-15(2)22-20(21-14)27-13-18(25)24-10-6-7-16(12-24)19(26)23-17-8-4-3-5-9-17/h3-5,8-9,11,16H,6-7,10,12-13H2,1-2H3,(H,23,26). The van der Waals surface area contributed by atoms with Crippen molar-refractivity contribution in [3.63, 3.8) is 0 Å². The van der Waals surface area contributed by atoms with Crippen LogP contribution in [0.4, 0.5) is 5.69 Å². The van der Waals surface area contributed by atoms with Gasteiger partial charge in [0.2, 0.25) is 11.8 Å². The highest BCUT2D eigenvalue weighted by Crippen LogP contribution is 2.21. The van der Waals surface area contributed by atoms with Crippen molar-refractivity contribution < 1.29 is 9.59 Å². The van der Waals surface area contributed by atoms with Crippen LogP contribution in [-0.4, -0.2) is 45.5 Å². The summed E-state index contributed by atoms with van der Waals surface area (Å²) in [5, 5.41) is 3.56. The number of nitrogens with zero attached hydrogens (tertiary/aromatic N) is 3. The Balaban J connectivity index is 1.53. The van der Waals surface area contributed by atoms with Crippen LogP contribution in [0.3, 0.4) is 0 Å². The molecule has 1 aromatic carbocycles. The van der Waals surface area contributed by atoms with Crippen LogP contribution in [0, 0.1) is 19.8 Å². The molecule has 0 bridgehead atoms. The van der Waals surface area contributed by atoms with Gasteiger partial charge in [0.15, 0.2) is 5.16 Å². The summed E-state index contributed by atoms with van der Waals surface area (Å²) < 4.78 is 0. The number of likely N-dealkylation sites (tertiary alicyclic amines) is 1. The van der Waals surface area contributed by atoms with Crippen LogP contribution >= 0.6 is 11.8 Å². The van der Waals surface area contributed by atoms with Gasteiger partial charge in [-0.3, -0.25) is 9.59 Å². The van der Waals surface area contributed by atoms with Gasteiger partial charge in [-0.25, -0.2) is 9.97 Å². The Bertz CT molecular complexity index is 793. The number of amides is 2. The summed E-state index contributed by atoms with van der Waals surface area (Å²) in [7, 11) is 0. The van der Waals surface area contributed by atoms with Crippen LogP contribution in [0.5, 0.6) is 0 Å². The minimum absolute atomic E-state index is 0.0241. The van der Waals surface area contributed by atoms with E-state index >= 15 is 0 Å². The van der Waals surface area contributed by atoms with Crippen LogP contribution in [-0.2, 0) is 9.59 Å². The van der Waals surface area contributed by atoms with Gasteiger partial charge in [0.25, 0.3) is 0 Å². The summed E-state index contributed by atoms with van der Waals surface area (Å²) in [4.78, 5) is 35.6. The molecule has 2 heterocycles. The molecule has 1 N–H and O–H groups in total. The molecule has 27 heavy (non-hydrogen) atoms. The number of piperidine rings is 1. The largest absolute Gasteiger partial charge is 0.341 e. The first-order valence-electron chi connectivity index (χ1n) is 9.10. The Hall–Kier alpha value is -2.41. The third kappa shape index (κ3) is 5.53. The molecule has 0 saturated carbocycles. The van der Waals surface area contributed by atoms with E-state index in [4.69, 9.17) is 0 Å². The van der Waals surface area contributed by atoms with E-state index in [9.17, 15) is 9.59 Å². The molecule has 142 valence electrons. The lowest BCUT2D eigenvalue weighted by molar-refractivity contribution is -0.132. The van der Waals surface area contributed by atoms with Crippen LogP contribution in [0.2, 0.25) is 0 Å². The van der Waals surface area contributed by atoms with Crippen molar-refractivity contribution in [1.29, 1.82) is 0 Å². The smallest absolute Gasteiger partial charge is 0.233 e. The van der Waals surface area contributed by atoms with Gasteiger partial charge in [0.1, 0.15) is 0 Å². The van der Waals surface area contributed by atoms with Crippen LogP contribution < -0.4 is 5.32 Å². The molecule has 0 radical (unpaired) electrons. The van der Waals surface area contributed by atoms with E-state index in [-0.39, 0.29) is 23.5 Å². The molecular weight excluding hydrogens is 360 g/mol. The molecule has 1 aliphatic heterocycles. The zero-order valence-corrected chi connectivity index (χ0v) is 16.5. The van der Waals surface area contributed by atoms with Gasteiger partial charge in [-0.15, -0.1) is 0 Å². The molecule has 1 fully saturated rings. The molecule has 0 spiro atoms. The highest BCUT2D eigenvalue weighted by molar-refractivity contribution is 7.99. The van der Waals surface area contributed by atoms with E-state index in [1.54, 1.807) is 4.90 Å². The minimum atomic E-state index is -0.176. The molecule has 2 aromatic rings. The fourth-order valence-electron chi connectivity index (χ4n) is 3.16. The highest BCUT2D eigenvalue weighted by Gasteiger charge is 2.28. The third-order valence-electron chi connectivity index (χ3n) is 4.47. The zero-order valence-electron chi connectivity index (χ0n) is 15.6. The number of nitrogens with one attached hydrogen (secondary N) is 1. The molecule has 6 nitrogen and oxygen atoms in total. The summed E-state index contributed by atoms with van der Waals surface area (Å²) >= 11 is 1.35. The second-order valence-electron chi connectivity index (χ2n) is 6.76. The summed E-state index contributed by atoms with van der Waals surface area (Å²) in [5.41, 5.74) is 2.58. The molecule has 1 unspecified atom stereocenters. The first kappa shape index (κ1) is 19.4. The van der Waals surface area contributed by atoms with Crippen molar-refractivity contribution in [2.45, 2.75) is 31.8 Å². The number of rotatable bonds is 5. The number of hydrogen-bond acceptors (Lipinski definition) is 5. The van der Waals surface area contributed by atoms with Gasteiger partial charge in [0.05, 0.1) is 11.7 Å². The molecule has 1 aromatic heterocycles. The summed E-state index contributed by atoms with van der Waals surface area (Å²) in [6, 6.07) is 11.3. The van der Waals surface area contributed by atoms with Crippen LogP contribution in [0.15, 0.2) is 41.6 Å². The first-order chi connectivity index (χ1) is 13.0. The maximum absolute atomic E-state index is 12.6. The zero-order chi connectivity index (χ0) is 19.2. The number of hydrogen-bond donors (Lipinski definition) is 1. The number of benzene rings is 1. The Kier molecular flexibility index (Phi) is 6.45. The molecule has 1 atom stereocenters. The molecule has 2 amide bonds. The number of para-hydroxylation sites is 1. The van der Waals surface area contributed by atoms with Crippen molar-refractivity contribution in [2.24, 2.45) is 5.92 Å². The Labute approximate surface area is 163 Å². The van der Waals surface area contributed by atoms with Crippen molar-refractivity contribution in [3.05, 3.63) is 47.8 Å². The Morgan fingerprint density at radius 2 is 1.89 bits per heavy atom. The van der Waals surface area contributed by atoms with E-state index in [1.165, 1.54) is 11.8 Å². The SMILES string of the molecule is Cc1cc(C)nc(SCC(=O)N2CCCC(C(=O)Nc3ccccc3)C2)n1. The van der Waals surface area contributed by atoms with Gasteiger partial charge in [-0.2, -0.15) is 0 Å². The second kappa shape index (κ2) is 8.99. The topological polar surface area (TPSA) is 75.2 Å². The van der Waals surface area contributed by atoms with Crippen molar-refractivity contribution in [2.75, 3.05) is 24.2 Å². The van der Waals surface area contributed by atoms with Gasteiger partial charge < -0.3 is 10.2 Å². The monoisotopic (exact) mass is 384 g/mol. The fourth-order valence-corrected chi connectivity index (χ4v) is 4.01. The lowest BCUT2D eigenvalue weighted by Gasteiger charge is -2.32. The van der Waals surface area contributed by atoms with E-state index in [0.717, 1.165) is 29.9 Å². The summed E-state index contributed by atoms with van der Waals surface area (Å²) in [6.45, 7) is 5.00. The average Bonchev–Trinajstić information content (AvgIpc) is 2.66. The van der Waals surface area contributed by atoms with Crippen LogP contribution in [0.25, 0.3) is 0 Å². The quantitative estimate of drug-likeness (QED) is 0.633. The normalized spacial score (nSPS) is 16.8. The highest BCUT2D eigenvalue weighted by atomic mass is 32.2. The van der Waals surface area contributed by atoms with E-state index < -0.39 is 0 Å². The minimum Gasteiger partial charge on any atom is -0.341 e. The molecule has 1 saturated heterocycles. The third-order valence-corrected chi connectivity index (χ3v) is 5.30. The van der Waals surface area contributed by atoms with Gasteiger partial charge >= 0.3 is 0 Å². The maximum Gasteiger partial charge on any atom is 0.233 e. The fraction of sp³-hybridized carbons (Fsp3) is 0.400. The van der Waals surface area contributed by atoms with Crippen molar-refractivity contribution >= 4 is 29.3 Å². The molecule has 3 rings (SSSR count). The second-order valence-corrected chi connectivity index (χ2v) is 7.70. The maximum atomic E-state index is 12.6. The lowest BCUT2D eigenvalue weighted by atomic mass is 9.97.